The Hall–Kier alpha value is -3.86. The number of aliphatic hydroxyl groups is 1. The maximum absolute atomic E-state index is 12.9. The Morgan fingerprint density at radius 2 is 0.718 bits per heavy atom. The molecule has 0 bridgehead atoms. The molecule has 11 nitrogen and oxygen atoms in total. The SMILES string of the molecule is CC/C=C\C/C=C\C/C=C\C/C=C\C/C=C\CC(=O)OC(CO)COP(=O)(O)OCC(COC(=O)CCCCCCCCC/C=C\C/C=C\CCCCC)OC(=O)CCCCCCCCCCC/C=C\C/C=C\CCCCC. The number of unbranched alkanes of at least 4 members (excludes halogenated alkanes) is 22. The van der Waals surface area contributed by atoms with E-state index in [1.54, 1.807) is 6.08 Å². The fourth-order valence-electron chi connectivity index (χ4n) is 8.02. The van der Waals surface area contributed by atoms with Gasteiger partial charge in [-0.25, -0.2) is 4.57 Å². The number of aliphatic hydroxyl groups excluding tert-OH is 1. The lowest BCUT2D eigenvalue weighted by Gasteiger charge is -2.21. The second-order valence-electron chi connectivity index (χ2n) is 20.1. The van der Waals surface area contributed by atoms with Gasteiger partial charge < -0.3 is 24.2 Å². The van der Waals surface area contributed by atoms with E-state index in [1.165, 1.54) is 96.3 Å². The molecule has 3 unspecified atom stereocenters. The van der Waals surface area contributed by atoms with Gasteiger partial charge in [0.1, 0.15) is 12.7 Å². The van der Waals surface area contributed by atoms with E-state index in [9.17, 15) is 28.9 Å². The molecule has 0 aliphatic heterocycles. The lowest BCUT2D eigenvalue weighted by molar-refractivity contribution is -0.161. The zero-order valence-corrected chi connectivity index (χ0v) is 50.2. The summed E-state index contributed by atoms with van der Waals surface area (Å²) in [4.78, 5) is 48.6. The molecule has 0 aromatic rings. The van der Waals surface area contributed by atoms with Gasteiger partial charge in [0.25, 0.3) is 0 Å². The summed E-state index contributed by atoms with van der Waals surface area (Å²) in [5.41, 5.74) is 0. The highest BCUT2D eigenvalue weighted by atomic mass is 31.2. The second-order valence-corrected chi connectivity index (χ2v) is 21.6. The highest BCUT2D eigenvalue weighted by Crippen LogP contribution is 2.43. The van der Waals surface area contributed by atoms with E-state index in [1.807, 2.05) is 18.2 Å². The first kappa shape index (κ1) is 74.1. The van der Waals surface area contributed by atoms with E-state index < -0.39 is 57.8 Å². The fourth-order valence-corrected chi connectivity index (χ4v) is 8.81. The third-order valence-electron chi connectivity index (χ3n) is 12.7. The van der Waals surface area contributed by atoms with Gasteiger partial charge in [-0.2, -0.15) is 0 Å². The average molecular weight is 1110 g/mol. The van der Waals surface area contributed by atoms with Crippen LogP contribution in [0.5, 0.6) is 0 Å². The van der Waals surface area contributed by atoms with Crippen LogP contribution in [0.15, 0.2) is 109 Å². The highest BCUT2D eigenvalue weighted by Gasteiger charge is 2.28. The summed E-state index contributed by atoms with van der Waals surface area (Å²) in [6, 6.07) is 0. The number of rotatable bonds is 56. The maximum Gasteiger partial charge on any atom is 0.472 e. The smallest absolute Gasteiger partial charge is 0.462 e. The molecule has 446 valence electrons. The van der Waals surface area contributed by atoms with Gasteiger partial charge in [-0.3, -0.25) is 23.4 Å². The molecule has 78 heavy (non-hydrogen) atoms. The van der Waals surface area contributed by atoms with Gasteiger partial charge in [0.05, 0.1) is 26.2 Å². The summed E-state index contributed by atoms with van der Waals surface area (Å²) >= 11 is 0. The zero-order valence-electron chi connectivity index (χ0n) is 49.3. The molecule has 0 amide bonds. The Kier molecular flexibility index (Phi) is 56.3. The summed E-state index contributed by atoms with van der Waals surface area (Å²) in [6.07, 6.45) is 72.1. The minimum absolute atomic E-state index is 0.0597. The molecule has 0 aromatic heterocycles. The molecule has 2 N–H and O–H groups in total. The number of carbonyl (C=O) groups excluding carboxylic acids is 3. The largest absolute Gasteiger partial charge is 0.472 e. The van der Waals surface area contributed by atoms with Crippen LogP contribution in [0.4, 0.5) is 0 Å². The standard InChI is InChI=1S/C66H111O11P/c1-4-7-10-13-16-19-22-25-28-30-31-33-36-39-42-45-48-51-54-57-66(70)77-63(59-73-64(68)55-52-49-46-43-40-37-35-32-29-26-23-20-17-14-11-8-5-2)61-75-78(71,72)74-60-62(58-67)76-65(69)56-53-50-47-44-41-38-34-27-24-21-18-15-12-9-6-3/h9,12,16-21,25-29,34,41,44,50,53,62-63,67H,4-8,10-11,13-15,22-24,30-33,35-40,42-43,45-49,51-52,54-61H2,1-3H3,(H,71,72)/b12-9-,19-16-,20-17-,21-18-,28-25-,29-26-,34-27-,44-41-,53-50-. The van der Waals surface area contributed by atoms with Crippen molar-refractivity contribution in [1.82, 2.24) is 0 Å². The summed E-state index contributed by atoms with van der Waals surface area (Å²) in [5, 5.41) is 9.81. The first-order valence-electron chi connectivity index (χ1n) is 30.8. The molecule has 0 saturated heterocycles. The number of ether oxygens (including phenoxy) is 3. The fraction of sp³-hybridized carbons (Fsp3) is 0.682. The number of allylic oxidation sites excluding steroid dienone is 17. The number of carbonyl (C=O) groups is 3. The molecule has 0 spiro atoms. The third kappa shape index (κ3) is 56.8. The van der Waals surface area contributed by atoms with Crippen molar-refractivity contribution in [1.29, 1.82) is 0 Å². The predicted molar refractivity (Wildman–Crippen MR) is 325 cm³/mol. The van der Waals surface area contributed by atoms with Gasteiger partial charge in [0.2, 0.25) is 0 Å². The number of phosphoric ester groups is 1. The first-order chi connectivity index (χ1) is 38.2. The Labute approximate surface area is 475 Å². The third-order valence-corrected chi connectivity index (χ3v) is 13.6. The summed E-state index contributed by atoms with van der Waals surface area (Å²) in [5.74, 6) is -1.62. The van der Waals surface area contributed by atoms with E-state index in [2.05, 4.69) is 106 Å². The van der Waals surface area contributed by atoms with Crippen LogP contribution in [0.3, 0.4) is 0 Å². The summed E-state index contributed by atoms with van der Waals surface area (Å²) in [7, 11) is -4.78. The van der Waals surface area contributed by atoms with Gasteiger partial charge >= 0.3 is 25.7 Å². The highest BCUT2D eigenvalue weighted by molar-refractivity contribution is 7.47. The van der Waals surface area contributed by atoms with Gasteiger partial charge in [0.15, 0.2) is 6.10 Å². The van der Waals surface area contributed by atoms with Crippen molar-refractivity contribution < 1.29 is 52.2 Å². The van der Waals surface area contributed by atoms with Crippen molar-refractivity contribution in [3.05, 3.63) is 109 Å². The van der Waals surface area contributed by atoms with Crippen molar-refractivity contribution in [2.75, 3.05) is 26.4 Å². The maximum atomic E-state index is 12.9. The summed E-state index contributed by atoms with van der Waals surface area (Å²) < 4.78 is 39.5. The molecule has 0 aromatic carbocycles. The van der Waals surface area contributed by atoms with Crippen molar-refractivity contribution >= 4 is 25.7 Å². The van der Waals surface area contributed by atoms with Crippen molar-refractivity contribution in [3.63, 3.8) is 0 Å². The van der Waals surface area contributed by atoms with Crippen molar-refractivity contribution in [2.24, 2.45) is 0 Å². The van der Waals surface area contributed by atoms with Crippen LogP contribution in [0.2, 0.25) is 0 Å². The van der Waals surface area contributed by atoms with E-state index >= 15 is 0 Å². The van der Waals surface area contributed by atoms with Crippen LogP contribution in [0.1, 0.15) is 252 Å². The molecule has 0 saturated carbocycles. The topological polar surface area (TPSA) is 155 Å². The minimum atomic E-state index is -4.78. The molecule has 12 heteroatoms. The molecule has 0 fully saturated rings. The van der Waals surface area contributed by atoms with Gasteiger partial charge in [-0.05, 0) is 109 Å². The van der Waals surface area contributed by atoms with E-state index in [0.717, 1.165) is 96.3 Å². The van der Waals surface area contributed by atoms with E-state index in [4.69, 9.17) is 23.3 Å². The van der Waals surface area contributed by atoms with Crippen molar-refractivity contribution in [2.45, 2.75) is 264 Å². The minimum Gasteiger partial charge on any atom is -0.462 e. The predicted octanol–water partition coefficient (Wildman–Crippen LogP) is 18.6. The Balaban J connectivity index is 4.82. The zero-order chi connectivity index (χ0) is 56.9. The summed E-state index contributed by atoms with van der Waals surface area (Å²) in [6.45, 7) is 4.37. The Morgan fingerprint density at radius 1 is 0.385 bits per heavy atom. The molecule has 0 rings (SSSR count). The molecular formula is C66H111O11P. The number of esters is 3. The quantitative estimate of drug-likeness (QED) is 0.0197. The number of phosphoric acid groups is 1. The van der Waals surface area contributed by atoms with Crippen LogP contribution in [-0.2, 0) is 42.2 Å². The lowest BCUT2D eigenvalue weighted by Crippen LogP contribution is -2.30. The molecule has 0 aliphatic carbocycles. The van der Waals surface area contributed by atoms with Crippen LogP contribution in [0, 0.1) is 0 Å². The van der Waals surface area contributed by atoms with Gasteiger partial charge in [-0.15, -0.1) is 0 Å². The molecular weight excluding hydrogens is 1000 g/mol. The molecule has 0 radical (unpaired) electrons. The number of hydrogen-bond acceptors (Lipinski definition) is 10. The Morgan fingerprint density at radius 3 is 1.13 bits per heavy atom. The van der Waals surface area contributed by atoms with Crippen molar-refractivity contribution in [3.8, 4) is 0 Å². The average Bonchev–Trinajstić information content (AvgIpc) is 3.43. The monoisotopic (exact) mass is 1110 g/mol. The van der Waals surface area contributed by atoms with Crippen LogP contribution < -0.4 is 0 Å². The Bertz CT molecular complexity index is 1720. The van der Waals surface area contributed by atoms with Crippen LogP contribution >= 0.6 is 7.82 Å². The van der Waals surface area contributed by atoms with E-state index in [-0.39, 0.29) is 25.9 Å². The van der Waals surface area contributed by atoms with Gasteiger partial charge in [-0.1, -0.05) is 233 Å². The van der Waals surface area contributed by atoms with Crippen LogP contribution in [0.25, 0.3) is 0 Å². The van der Waals surface area contributed by atoms with Gasteiger partial charge in [0, 0.05) is 12.8 Å². The molecule has 0 aliphatic rings. The first-order valence-corrected chi connectivity index (χ1v) is 32.3. The second kappa shape index (κ2) is 59.3. The normalized spacial score (nSPS) is 14.1. The lowest BCUT2D eigenvalue weighted by atomic mass is 10.1. The van der Waals surface area contributed by atoms with Crippen LogP contribution in [-0.4, -0.2) is 66.5 Å². The van der Waals surface area contributed by atoms with E-state index in [0.29, 0.717) is 19.3 Å². The number of hydrogen-bond donors (Lipinski definition) is 2. The molecule has 3 atom stereocenters. The molecule has 0 heterocycles.